The number of benzene rings is 2. The molecule has 0 bridgehead atoms. The van der Waals surface area contributed by atoms with Crippen LogP contribution in [0.25, 0.3) is 27.7 Å². The molecule has 1 atom stereocenters. The number of fused-ring (bicyclic) bond motifs is 2. The number of nitrogens with zero attached hydrogens (tertiary/aromatic N) is 6. The van der Waals surface area contributed by atoms with Gasteiger partial charge in [-0.1, -0.05) is 50.3 Å². The van der Waals surface area contributed by atoms with Gasteiger partial charge >= 0.3 is 6.18 Å². The van der Waals surface area contributed by atoms with Crippen LogP contribution in [0.15, 0.2) is 79.1 Å². The molecule has 49 heavy (non-hydrogen) atoms. The Balaban J connectivity index is 1.29. The van der Waals surface area contributed by atoms with Gasteiger partial charge in [-0.2, -0.15) is 22.8 Å². The molecule has 256 valence electrons. The Labute approximate surface area is 283 Å². The number of piperazine rings is 1. The van der Waals surface area contributed by atoms with E-state index in [0.717, 1.165) is 33.2 Å². The molecule has 0 radical (unpaired) electrons. The average molecular weight is 672 g/mol. The number of likely N-dealkylation sites (N-methyl/N-ethyl adjacent to an activating group) is 1. The second kappa shape index (κ2) is 14.2. The van der Waals surface area contributed by atoms with Gasteiger partial charge in [0.05, 0.1) is 11.9 Å². The number of nitrogens with one attached hydrogen (secondary N) is 3. The molecule has 1 aliphatic rings. The molecule has 10 nitrogen and oxygen atoms in total. The summed E-state index contributed by atoms with van der Waals surface area (Å²) in [6.07, 6.45) is 2.50. The lowest BCUT2D eigenvalue weighted by Crippen LogP contribution is -2.57. The largest absolute Gasteiger partial charge is 0.405 e. The van der Waals surface area contributed by atoms with Crippen LogP contribution in [0.4, 0.5) is 30.5 Å². The summed E-state index contributed by atoms with van der Waals surface area (Å²) in [7, 11) is 3.88. The fraction of sp³-hybridized carbons (Fsp3) is 0.333. The lowest BCUT2D eigenvalue weighted by atomic mass is 9.99. The van der Waals surface area contributed by atoms with E-state index >= 15 is 0 Å². The Hall–Kier alpha value is -5.01. The molecule has 1 aliphatic heterocycles. The normalized spacial score (nSPS) is 15.6. The van der Waals surface area contributed by atoms with Crippen molar-refractivity contribution in [3.05, 3.63) is 90.3 Å². The van der Waals surface area contributed by atoms with Crippen LogP contribution < -0.4 is 20.9 Å². The first-order valence-electron chi connectivity index (χ1n) is 16.2. The van der Waals surface area contributed by atoms with Gasteiger partial charge in [0, 0.05) is 73.3 Å². The highest BCUT2D eigenvalue weighted by Crippen LogP contribution is 2.32. The van der Waals surface area contributed by atoms with Crippen LogP contribution in [0.2, 0.25) is 0 Å². The zero-order valence-corrected chi connectivity index (χ0v) is 27.9. The Bertz CT molecular complexity index is 1990. The molecule has 1 amide bonds. The van der Waals surface area contributed by atoms with Gasteiger partial charge in [0.1, 0.15) is 17.7 Å². The number of hydrogen-bond acceptors (Lipinski definition) is 8. The van der Waals surface area contributed by atoms with Gasteiger partial charge in [-0.15, -0.1) is 0 Å². The van der Waals surface area contributed by atoms with Gasteiger partial charge in [0.2, 0.25) is 5.91 Å². The van der Waals surface area contributed by atoms with Crippen LogP contribution in [-0.4, -0.2) is 82.9 Å². The maximum absolute atomic E-state index is 13.6. The second-order valence-corrected chi connectivity index (χ2v) is 12.7. The topological polar surface area (TPSA) is 103 Å². The average Bonchev–Trinajstić information content (AvgIpc) is 3.51. The summed E-state index contributed by atoms with van der Waals surface area (Å²) in [6, 6.07) is 15.7. The van der Waals surface area contributed by atoms with E-state index in [4.69, 9.17) is 9.97 Å². The van der Waals surface area contributed by atoms with Crippen molar-refractivity contribution in [2.45, 2.75) is 38.5 Å². The minimum atomic E-state index is -4.36. The van der Waals surface area contributed by atoms with Gasteiger partial charge in [-0.05, 0) is 49.2 Å². The lowest BCUT2D eigenvalue weighted by Gasteiger charge is -2.35. The zero-order valence-electron chi connectivity index (χ0n) is 27.9. The van der Waals surface area contributed by atoms with Crippen molar-refractivity contribution >= 4 is 39.6 Å². The molecular formula is C36H40F3N9O. The Morgan fingerprint density at radius 1 is 1.14 bits per heavy atom. The number of anilines is 3. The van der Waals surface area contributed by atoms with E-state index in [1.54, 1.807) is 27.9 Å². The first-order valence-corrected chi connectivity index (χ1v) is 16.2. The number of hydrogen-bond donors (Lipinski definition) is 3. The molecule has 6 rings (SSSR count). The van der Waals surface area contributed by atoms with Crippen LogP contribution in [0.3, 0.4) is 0 Å². The van der Waals surface area contributed by atoms with E-state index < -0.39 is 12.2 Å². The second-order valence-electron chi connectivity index (χ2n) is 12.7. The Morgan fingerprint density at radius 2 is 1.96 bits per heavy atom. The molecule has 0 aliphatic carbocycles. The summed E-state index contributed by atoms with van der Waals surface area (Å²) >= 11 is 0. The van der Waals surface area contributed by atoms with Crippen molar-refractivity contribution in [3.8, 4) is 11.3 Å². The highest BCUT2D eigenvalue weighted by molar-refractivity contribution is 6.02. The maximum Gasteiger partial charge on any atom is 0.405 e. The maximum atomic E-state index is 13.6. The summed E-state index contributed by atoms with van der Waals surface area (Å²) in [5, 5.41) is 15.5. The quantitative estimate of drug-likeness (QED) is 0.154. The monoisotopic (exact) mass is 671 g/mol. The third kappa shape index (κ3) is 7.68. The first-order chi connectivity index (χ1) is 23.5. The summed E-state index contributed by atoms with van der Waals surface area (Å²) < 4.78 is 42.6. The van der Waals surface area contributed by atoms with Crippen molar-refractivity contribution in [1.82, 2.24) is 29.8 Å². The molecule has 5 aromatic rings. The molecule has 13 heteroatoms. The number of rotatable bonds is 10. The molecule has 2 aromatic carbocycles. The number of carbonyl (C=O) groups is 1. The molecule has 1 saturated heterocycles. The number of alkyl halides is 3. The number of halogens is 3. The smallest absolute Gasteiger partial charge is 0.366 e. The predicted molar refractivity (Wildman–Crippen MR) is 188 cm³/mol. The molecule has 1 fully saturated rings. The van der Waals surface area contributed by atoms with E-state index in [-0.39, 0.29) is 24.9 Å². The van der Waals surface area contributed by atoms with Crippen LogP contribution in [0, 0.1) is 0 Å². The molecule has 0 spiro atoms. The van der Waals surface area contributed by atoms with Crippen LogP contribution in [0.1, 0.15) is 30.9 Å². The van der Waals surface area contributed by atoms with Crippen molar-refractivity contribution < 1.29 is 18.0 Å². The Kier molecular flexibility index (Phi) is 9.84. The highest BCUT2D eigenvalue weighted by atomic mass is 19.4. The SMILES string of the molecule is CC(C)c1cnn2c(NCc3ccccc3-c3nccc4cc(NC(=O)/C=C/CN(C)C)ccc34)cc(N3CCNC(C(F)(F)F)C3)nc12. The first kappa shape index (κ1) is 33.9. The molecule has 1 unspecified atom stereocenters. The minimum Gasteiger partial charge on any atom is -0.366 e. The number of aromatic nitrogens is 4. The summed E-state index contributed by atoms with van der Waals surface area (Å²) in [4.78, 5) is 25.7. The van der Waals surface area contributed by atoms with Crippen LogP contribution >= 0.6 is 0 Å². The third-order valence-electron chi connectivity index (χ3n) is 8.51. The summed E-state index contributed by atoms with van der Waals surface area (Å²) in [6.45, 7) is 5.50. The van der Waals surface area contributed by atoms with Gasteiger partial charge < -0.3 is 25.8 Å². The zero-order chi connectivity index (χ0) is 34.7. The Morgan fingerprint density at radius 3 is 2.73 bits per heavy atom. The number of pyridine rings is 1. The van der Waals surface area contributed by atoms with Crippen molar-refractivity contribution in [1.29, 1.82) is 0 Å². The van der Waals surface area contributed by atoms with Crippen LogP contribution in [-0.2, 0) is 11.3 Å². The van der Waals surface area contributed by atoms with E-state index in [1.165, 1.54) is 6.08 Å². The van der Waals surface area contributed by atoms with Crippen molar-refractivity contribution in [2.75, 3.05) is 55.8 Å². The van der Waals surface area contributed by atoms with E-state index in [0.29, 0.717) is 42.6 Å². The lowest BCUT2D eigenvalue weighted by molar-refractivity contribution is -0.155. The standard InChI is InChI=1S/C36H40F3N9O/c1-23(2)29-21-43-48-31(19-32(45-35(29)48)47-17-15-40-30(22-47)36(37,38)39)42-20-25-8-5-6-9-27(25)34-28-12-11-26(18-24(28)13-14-41-34)44-33(49)10-7-16-46(3)4/h5-14,18-19,21,23,30,40,42H,15-17,20,22H2,1-4H3,(H,44,49)/b10-7+. The van der Waals surface area contributed by atoms with Gasteiger partial charge in [-0.25, -0.2) is 4.98 Å². The fourth-order valence-electron chi connectivity index (χ4n) is 5.96. The van der Waals surface area contributed by atoms with Gasteiger partial charge in [0.15, 0.2) is 5.65 Å². The molecule has 3 N–H and O–H groups in total. The number of carbonyl (C=O) groups excluding carboxylic acids is 1. The van der Waals surface area contributed by atoms with Crippen molar-refractivity contribution in [2.24, 2.45) is 0 Å². The molecular weight excluding hydrogens is 631 g/mol. The van der Waals surface area contributed by atoms with Crippen molar-refractivity contribution in [3.63, 3.8) is 0 Å². The molecule has 0 saturated carbocycles. The third-order valence-corrected chi connectivity index (χ3v) is 8.51. The fourth-order valence-corrected chi connectivity index (χ4v) is 5.96. The van der Waals surface area contributed by atoms with Gasteiger partial charge in [-0.3, -0.25) is 9.78 Å². The molecule has 3 aromatic heterocycles. The van der Waals surface area contributed by atoms with E-state index in [1.807, 2.05) is 87.4 Å². The number of amides is 1. The highest BCUT2D eigenvalue weighted by Gasteiger charge is 2.42. The van der Waals surface area contributed by atoms with Crippen LogP contribution in [0.5, 0.6) is 0 Å². The van der Waals surface area contributed by atoms with Gasteiger partial charge in [0.25, 0.3) is 0 Å². The van der Waals surface area contributed by atoms with E-state index in [2.05, 4.69) is 21.0 Å². The molecule has 4 heterocycles. The summed E-state index contributed by atoms with van der Waals surface area (Å²) in [5.74, 6) is 1.00. The summed E-state index contributed by atoms with van der Waals surface area (Å²) in [5.41, 5.74) is 4.88. The minimum absolute atomic E-state index is 0.116. The van der Waals surface area contributed by atoms with E-state index in [9.17, 15) is 18.0 Å². The predicted octanol–water partition coefficient (Wildman–Crippen LogP) is 6.08.